The summed E-state index contributed by atoms with van der Waals surface area (Å²) in [6, 6.07) is 12.7. The monoisotopic (exact) mass is 371 g/mol. The number of rotatable bonds is 10. The van der Waals surface area contributed by atoms with Gasteiger partial charge in [-0.2, -0.15) is 0 Å². The Morgan fingerprint density at radius 2 is 1.78 bits per heavy atom. The lowest BCUT2D eigenvalue weighted by Crippen LogP contribution is -2.15. The van der Waals surface area contributed by atoms with Crippen LogP contribution in [-0.4, -0.2) is 30.7 Å². The number of anilines is 1. The molecule has 2 N–H and O–H groups in total. The molecule has 6 heteroatoms. The summed E-state index contributed by atoms with van der Waals surface area (Å²) in [5, 5.41) is 11.7. The van der Waals surface area contributed by atoms with Gasteiger partial charge in [-0.25, -0.2) is 0 Å². The van der Waals surface area contributed by atoms with E-state index < -0.39 is 5.97 Å². The van der Waals surface area contributed by atoms with Crippen LogP contribution in [0.4, 0.5) is 5.69 Å². The van der Waals surface area contributed by atoms with Crippen LogP contribution in [0.5, 0.6) is 11.5 Å². The van der Waals surface area contributed by atoms with Gasteiger partial charge in [0.2, 0.25) is 5.91 Å². The van der Waals surface area contributed by atoms with Gasteiger partial charge in [0.25, 0.3) is 0 Å². The van der Waals surface area contributed by atoms with Crippen LogP contribution in [0, 0.1) is 0 Å². The maximum atomic E-state index is 12.4. The van der Waals surface area contributed by atoms with Crippen LogP contribution in [0.1, 0.15) is 30.9 Å². The number of benzene rings is 2. The number of hydrogen-bond donors (Lipinski definition) is 2. The van der Waals surface area contributed by atoms with Crippen LogP contribution in [0.2, 0.25) is 0 Å². The van der Waals surface area contributed by atoms with Gasteiger partial charge in [-0.1, -0.05) is 25.1 Å². The minimum Gasteiger partial charge on any atom is -0.497 e. The molecule has 0 aliphatic heterocycles. The predicted octanol–water partition coefficient (Wildman–Crippen LogP) is 3.68. The molecule has 2 rings (SSSR count). The van der Waals surface area contributed by atoms with E-state index >= 15 is 0 Å². The number of nitrogens with one attached hydrogen (secondary N) is 1. The Balaban J connectivity index is 2.10. The number of aliphatic carboxylic acids is 1. The average Bonchev–Trinajstić information content (AvgIpc) is 2.66. The zero-order valence-corrected chi connectivity index (χ0v) is 15.7. The standard InChI is InChI=1S/C21H25NO5/c1-3-12-27-19-10-6-15(7-11-21(24)25)13-18(19)22-20(23)14-16-4-8-17(26-2)9-5-16/h4-6,8-10,13H,3,7,11-12,14H2,1-2H3,(H,22,23)(H,24,25). The fourth-order valence-corrected chi connectivity index (χ4v) is 2.54. The van der Waals surface area contributed by atoms with Crippen molar-refractivity contribution in [3.63, 3.8) is 0 Å². The normalized spacial score (nSPS) is 10.3. The van der Waals surface area contributed by atoms with Crippen molar-refractivity contribution in [2.24, 2.45) is 0 Å². The molecule has 0 saturated heterocycles. The highest BCUT2D eigenvalue weighted by Gasteiger charge is 2.11. The van der Waals surface area contributed by atoms with Crippen molar-refractivity contribution in [1.29, 1.82) is 0 Å². The lowest BCUT2D eigenvalue weighted by Gasteiger charge is -2.14. The second kappa shape index (κ2) is 10.2. The van der Waals surface area contributed by atoms with Gasteiger partial charge >= 0.3 is 5.97 Å². The van der Waals surface area contributed by atoms with E-state index in [4.69, 9.17) is 14.6 Å². The fraction of sp³-hybridized carbons (Fsp3) is 0.333. The first kappa shape index (κ1) is 20.3. The molecule has 0 aromatic heterocycles. The van der Waals surface area contributed by atoms with E-state index in [0.29, 0.717) is 24.5 Å². The number of hydrogen-bond acceptors (Lipinski definition) is 4. The van der Waals surface area contributed by atoms with Crippen LogP contribution in [0.3, 0.4) is 0 Å². The Hall–Kier alpha value is -3.02. The zero-order valence-electron chi connectivity index (χ0n) is 15.7. The predicted molar refractivity (Wildman–Crippen MR) is 104 cm³/mol. The highest BCUT2D eigenvalue weighted by atomic mass is 16.5. The number of carbonyl (C=O) groups is 2. The van der Waals surface area contributed by atoms with Gasteiger partial charge in [-0.3, -0.25) is 9.59 Å². The largest absolute Gasteiger partial charge is 0.497 e. The molecule has 27 heavy (non-hydrogen) atoms. The van der Waals surface area contributed by atoms with E-state index in [9.17, 15) is 9.59 Å². The molecule has 0 aliphatic rings. The first-order valence-corrected chi connectivity index (χ1v) is 8.92. The van der Waals surface area contributed by atoms with Crippen LogP contribution >= 0.6 is 0 Å². The summed E-state index contributed by atoms with van der Waals surface area (Å²) in [5.74, 6) is 0.294. The van der Waals surface area contributed by atoms with Crippen molar-refractivity contribution in [3.8, 4) is 11.5 Å². The third kappa shape index (κ3) is 6.66. The number of carboxylic acids is 1. The fourth-order valence-electron chi connectivity index (χ4n) is 2.54. The minimum atomic E-state index is -0.855. The number of carbonyl (C=O) groups excluding carboxylic acids is 1. The first-order valence-electron chi connectivity index (χ1n) is 8.92. The highest BCUT2D eigenvalue weighted by Crippen LogP contribution is 2.27. The van der Waals surface area contributed by atoms with E-state index in [1.165, 1.54) is 0 Å². The number of amides is 1. The molecule has 0 fully saturated rings. The van der Waals surface area contributed by atoms with Crippen molar-refractivity contribution >= 4 is 17.6 Å². The van der Waals surface area contributed by atoms with Gasteiger partial charge in [0, 0.05) is 6.42 Å². The van der Waals surface area contributed by atoms with E-state index in [1.54, 1.807) is 19.2 Å². The molecule has 0 saturated carbocycles. The average molecular weight is 371 g/mol. The van der Waals surface area contributed by atoms with Crippen LogP contribution < -0.4 is 14.8 Å². The molecule has 144 valence electrons. The molecular formula is C21H25NO5. The highest BCUT2D eigenvalue weighted by molar-refractivity contribution is 5.93. The maximum Gasteiger partial charge on any atom is 0.303 e. The van der Waals surface area contributed by atoms with E-state index in [2.05, 4.69) is 5.32 Å². The van der Waals surface area contributed by atoms with Gasteiger partial charge < -0.3 is 19.9 Å². The SMILES string of the molecule is CCCOc1ccc(CCC(=O)O)cc1NC(=O)Cc1ccc(OC)cc1. The van der Waals surface area contributed by atoms with Crippen molar-refractivity contribution in [2.75, 3.05) is 19.0 Å². The lowest BCUT2D eigenvalue weighted by molar-refractivity contribution is -0.137. The molecular weight excluding hydrogens is 346 g/mol. The summed E-state index contributed by atoms with van der Waals surface area (Å²) in [5.41, 5.74) is 2.26. The molecule has 0 atom stereocenters. The Labute approximate surface area is 159 Å². The quantitative estimate of drug-likeness (QED) is 0.665. The van der Waals surface area contributed by atoms with Gasteiger partial charge in [-0.05, 0) is 48.2 Å². The minimum absolute atomic E-state index is 0.0361. The Morgan fingerprint density at radius 3 is 2.41 bits per heavy atom. The summed E-state index contributed by atoms with van der Waals surface area (Å²) in [6.07, 6.45) is 1.50. The summed E-state index contributed by atoms with van der Waals surface area (Å²) in [4.78, 5) is 23.2. The third-order valence-corrected chi connectivity index (χ3v) is 3.93. The molecule has 0 unspecified atom stereocenters. The van der Waals surface area contributed by atoms with Gasteiger partial charge in [0.15, 0.2) is 0 Å². The van der Waals surface area contributed by atoms with Gasteiger partial charge in [0.1, 0.15) is 11.5 Å². The second-order valence-corrected chi connectivity index (χ2v) is 6.15. The molecule has 1 amide bonds. The second-order valence-electron chi connectivity index (χ2n) is 6.15. The Bertz CT molecular complexity index is 771. The summed E-state index contributed by atoms with van der Waals surface area (Å²) in [7, 11) is 1.59. The summed E-state index contributed by atoms with van der Waals surface area (Å²) < 4.78 is 10.8. The number of carboxylic acid groups (broad SMARTS) is 1. The molecule has 0 radical (unpaired) electrons. The topological polar surface area (TPSA) is 84.9 Å². The molecule has 0 bridgehead atoms. The number of aryl methyl sites for hydroxylation is 1. The van der Waals surface area contributed by atoms with Crippen molar-refractivity contribution in [3.05, 3.63) is 53.6 Å². The smallest absolute Gasteiger partial charge is 0.303 e. The maximum absolute atomic E-state index is 12.4. The van der Waals surface area contributed by atoms with Crippen molar-refractivity contribution in [2.45, 2.75) is 32.6 Å². The zero-order chi connectivity index (χ0) is 19.6. The third-order valence-electron chi connectivity index (χ3n) is 3.93. The van der Waals surface area contributed by atoms with Crippen LogP contribution in [0.15, 0.2) is 42.5 Å². The Kier molecular flexibility index (Phi) is 7.67. The summed E-state index contributed by atoms with van der Waals surface area (Å²) >= 11 is 0. The number of methoxy groups -OCH3 is 1. The molecule has 0 spiro atoms. The molecule has 0 aliphatic carbocycles. The van der Waals surface area contributed by atoms with Crippen LogP contribution in [-0.2, 0) is 22.4 Å². The van der Waals surface area contributed by atoms with Crippen molar-refractivity contribution < 1.29 is 24.2 Å². The molecule has 0 heterocycles. The van der Waals surface area contributed by atoms with E-state index in [0.717, 1.165) is 23.3 Å². The Morgan fingerprint density at radius 1 is 1.07 bits per heavy atom. The molecule has 6 nitrogen and oxygen atoms in total. The van der Waals surface area contributed by atoms with E-state index in [-0.39, 0.29) is 18.7 Å². The van der Waals surface area contributed by atoms with Crippen LogP contribution in [0.25, 0.3) is 0 Å². The van der Waals surface area contributed by atoms with Gasteiger partial charge in [0.05, 0.1) is 25.8 Å². The molecule has 2 aromatic rings. The van der Waals surface area contributed by atoms with Crippen molar-refractivity contribution in [1.82, 2.24) is 0 Å². The summed E-state index contributed by atoms with van der Waals surface area (Å²) in [6.45, 7) is 2.54. The first-order chi connectivity index (χ1) is 13.0. The van der Waals surface area contributed by atoms with Gasteiger partial charge in [-0.15, -0.1) is 0 Å². The number of ether oxygens (including phenoxy) is 2. The van der Waals surface area contributed by atoms with E-state index in [1.807, 2.05) is 37.3 Å². The lowest BCUT2D eigenvalue weighted by atomic mass is 10.1. The molecule has 2 aromatic carbocycles.